The van der Waals surface area contributed by atoms with Crippen molar-refractivity contribution < 1.29 is 9.59 Å². The van der Waals surface area contributed by atoms with E-state index >= 15 is 0 Å². The summed E-state index contributed by atoms with van der Waals surface area (Å²) < 4.78 is 0. The number of para-hydroxylation sites is 1. The number of nitrogens with one attached hydrogen (secondary N) is 1. The number of nitrogens with zero attached hydrogens (tertiary/aromatic N) is 1. The van der Waals surface area contributed by atoms with Crippen LogP contribution in [0.4, 0.5) is 5.69 Å². The zero-order chi connectivity index (χ0) is 19.1. The SMILES string of the molecule is CN(C(=O)c1cccc(C(=O)NCCC2=CCCCC2)c1)c1ccccc1. The maximum absolute atomic E-state index is 12.7. The Bertz CT molecular complexity index is 827. The fourth-order valence-electron chi connectivity index (χ4n) is 3.33. The molecule has 0 atom stereocenters. The van der Waals surface area contributed by atoms with E-state index in [0.29, 0.717) is 17.7 Å². The van der Waals surface area contributed by atoms with E-state index in [9.17, 15) is 9.59 Å². The number of amides is 2. The van der Waals surface area contributed by atoms with Gasteiger partial charge in [0.15, 0.2) is 0 Å². The Hall–Kier alpha value is -2.88. The second kappa shape index (κ2) is 9.17. The first-order valence-electron chi connectivity index (χ1n) is 9.54. The molecular formula is C23H26N2O2. The van der Waals surface area contributed by atoms with Gasteiger partial charge in [0.1, 0.15) is 0 Å². The van der Waals surface area contributed by atoms with Gasteiger partial charge in [-0.1, -0.05) is 35.9 Å². The lowest BCUT2D eigenvalue weighted by molar-refractivity contribution is 0.0954. The molecule has 0 fully saturated rings. The number of hydrogen-bond donors (Lipinski definition) is 1. The predicted octanol–water partition coefficient (Wildman–Crippen LogP) is 4.58. The van der Waals surface area contributed by atoms with E-state index < -0.39 is 0 Å². The number of benzene rings is 2. The van der Waals surface area contributed by atoms with Crippen LogP contribution in [0.2, 0.25) is 0 Å². The maximum Gasteiger partial charge on any atom is 0.258 e. The first kappa shape index (κ1) is 18.9. The molecule has 1 aliphatic carbocycles. The highest BCUT2D eigenvalue weighted by molar-refractivity contribution is 6.07. The molecule has 3 rings (SSSR count). The van der Waals surface area contributed by atoms with Gasteiger partial charge in [0.2, 0.25) is 0 Å². The monoisotopic (exact) mass is 362 g/mol. The van der Waals surface area contributed by atoms with Crippen LogP contribution < -0.4 is 10.2 Å². The third-order valence-corrected chi connectivity index (χ3v) is 4.94. The van der Waals surface area contributed by atoms with Gasteiger partial charge in [-0.2, -0.15) is 0 Å². The number of hydrogen-bond acceptors (Lipinski definition) is 2. The molecule has 0 saturated heterocycles. The summed E-state index contributed by atoms with van der Waals surface area (Å²) >= 11 is 0. The van der Waals surface area contributed by atoms with Crippen molar-refractivity contribution in [1.29, 1.82) is 0 Å². The van der Waals surface area contributed by atoms with Crippen molar-refractivity contribution >= 4 is 17.5 Å². The van der Waals surface area contributed by atoms with E-state index in [1.54, 1.807) is 36.2 Å². The van der Waals surface area contributed by atoms with Crippen LogP contribution in [0, 0.1) is 0 Å². The first-order chi connectivity index (χ1) is 13.1. The fraction of sp³-hybridized carbons (Fsp3) is 0.304. The minimum Gasteiger partial charge on any atom is -0.352 e. The lowest BCUT2D eigenvalue weighted by Gasteiger charge is -2.17. The molecule has 0 bridgehead atoms. The molecule has 2 amide bonds. The van der Waals surface area contributed by atoms with E-state index in [2.05, 4.69) is 11.4 Å². The third kappa shape index (κ3) is 5.07. The van der Waals surface area contributed by atoms with Crippen molar-refractivity contribution in [2.75, 3.05) is 18.5 Å². The number of rotatable bonds is 6. The molecule has 1 N–H and O–H groups in total. The summed E-state index contributed by atoms with van der Waals surface area (Å²) in [6.07, 6.45) is 8.02. The minimum absolute atomic E-state index is 0.136. The lowest BCUT2D eigenvalue weighted by atomic mass is 9.97. The molecule has 4 heteroatoms. The van der Waals surface area contributed by atoms with E-state index in [0.717, 1.165) is 24.9 Å². The van der Waals surface area contributed by atoms with Crippen molar-refractivity contribution in [1.82, 2.24) is 5.32 Å². The zero-order valence-corrected chi connectivity index (χ0v) is 15.8. The fourth-order valence-corrected chi connectivity index (χ4v) is 3.33. The summed E-state index contributed by atoms with van der Waals surface area (Å²) in [5, 5.41) is 2.97. The van der Waals surface area contributed by atoms with Gasteiger partial charge in [0.25, 0.3) is 11.8 Å². The van der Waals surface area contributed by atoms with Crippen molar-refractivity contribution in [3.63, 3.8) is 0 Å². The molecule has 0 spiro atoms. The molecule has 4 nitrogen and oxygen atoms in total. The predicted molar refractivity (Wildman–Crippen MR) is 109 cm³/mol. The van der Waals surface area contributed by atoms with Gasteiger partial charge >= 0.3 is 0 Å². The Morgan fingerprint density at radius 1 is 1.00 bits per heavy atom. The number of allylic oxidation sites excluding steroid dienone is 1. The van der Waals surface area contributed by atoms with Crippen molar-refractivity contribution in [3.05, 3.63) is 77.4 Å². The summed E-state index contributed by atoms with van der Waals surface area (Å²) in [5.74, 6) is -0.272. The largest absolute Gasteiger partial charge is 0.352 e. The minimum atomic E-state index is -0.136. The summed E-state index contributed by atoms with van der Waals surface area (Å²) in [6, 6.07) is 16.4. The van der Waals surface area contributed by atoms with Crippen LogP contribution in [-0.4, -0.2) is 25.4 Å². The van der Waals surface area contributed by atoms with Crippen LogP contribution in [0.5, 0.6) is 0 Å². The molecule has 0 radical (unpaired) electrons. The highest BCUT2D eigenvalue weighted by Gasteiger charge is 2.15. The molecular weight excluding hydrogens is 336 g/mol. The summed E-state index contributed by atoms with van der Waals surface area (Å²) in [7, 11) is 1.74. The molecule has 0 unspecified atom stereocenters. The molecule has 0 heterocycles. The molecule has 0 saturated carbocycles. The molecule has 0 aromatic heterocycles. The average Bonchev–Trinajstić information content (AvgIpc) is 2.74. The summed E-state index contributed by atoms with van der Waals surface area (Å²) in [5.41, 5.74) is 3.28. The Kier molecular flexibility index (Phi) is 6.42. The number of carbonyl (C=O) groups excluding carboxylic acids is 2. The quantitative estimate of drug-likeness (QED) is 0.765. The molecule has 2 aromatic carbocycles. The van der Waals surface area contributed by atoms with Crippen molar-refractivity contribution in [2.45, 2.75) is 32.1 Å². The Morgan fingerprint density at radius 3 is 2.52 bits per heavy atom. The Labute approximate surface area is 160 Å². The van der Waals surface area contributed by atoms with Gasteiger partial charge < -0.3 is 10.2 Å². The Balaban J connectivity index is 1.61. The topological polar surface area (TPSA) is 49.4 Å². The van der Waals surface area contributed by atoms with Gasteiger partial charge in [-0.05, 0) is 62.4 Å². The van der Waals surface area contributed by atoms with Gasteiger partial charge in [0, 0.05) is 30.4 Å². The smallest absolute Gasteiger partial charge is 0.258 e. The number of anilines is 1. The van der Waals surface area contributed by atoms with Gasteiger partial charge in [-0.25, -0.2) is 0 Å². The van der Waals surface area contributed by atoms with Crippen molar-refractivity contribution in [3.8, 4) is 0 Å². The van der Waals surface area contributed by atoms with Crippen LogP contribution in [0.1, 0.15) is 52.8 Å². The Morgan fingerprint density at radius 2 is 1.78 bits per heavy atom. The number of carbonyl (C=O) groups is 2. The molecule has 1 aliphatic rings. The highest BCUT2D eigenvalue weighted by atomic mass is 16.2. The van der Waals surface area contributed by atoms with E-state index in [1.807, 2.05) is 30.3 Å². The molecule has 140 valence electrons. The van der Waals surface area contributed by atoms with Crippen LogP contribution in [0.3, 0.4) is 0 Å². The van der Waals surface area contributed by atoms with Crippen LogP contribution >= 0.6 is 0 Å². The second-order valence-electron chi connectivity index (χ2n) is 6.89. The normalized spacial score (nSPS) is 13.6. The third-order valence-electron chi connectivity index (χ3n) is 4.94. The average molecular weight is 362 g/mol. The first-order valence-corrected chi connectivity index (χ1v) is 9.54. The lowest BCUT2D eigenvalue weighted by Crippen LogP contribution is -2.28. The molecule has 2 aromatic rings. The second-order valence-corrected chi connectivity index (χ2v) is 6.89. The van der Waals surface area contributed by atoms with Gasteiger partial charge in [-0.15, -0.1) is 0 Å². The zero-order valence-electron chi connectivity index (χ0n) is 15.8. The molecule has 0 aliphatic heterocycles. The van der Waals surface area contributed by atoms with E-state index in [-0.39, 0.29) is 11.8 Å². The summed E-state index contributed by atoms with van der Waals surface area (Å²) in [6.45, 7) is 0.632. The van der Waals surface area contributed by atoms with Crippen LogP contribution in [-0.2, 0) is 0 Å². The maximum atomic E-state index is 12.7. The van der Waals surface area contributed by atoms with Crippen LogP contribution in [0.25, 0.3) is 0 Å². The van der Waals surface area contributed by atoms with Crippen molar-refractivity contribution in [2.24, 2.45) is 0 Å². The molecule has 27 heavy (non-hydrogen) atoms. The van der Waals surface area contributed by atoms with Crippen LogP contribution in [0.15, 0.2) is 66.2 Å². The van der Waals surface area contributed by atoms with E-state index in [1.165, 1.54) is 18.4 Å². The standard InChI is InChI=1S/C23H26N2O2/c1-25(21-13-6-3-7-14-21)23(27)20-12-8-11-19(17-20)22(26)24-16-15-18-9-4-2-5-10-18/h3,6-9,11-14,17H,2,4-5,10,15-16H2,1H3,(H,24,26). The van der Waals surface area contributed by atoms with Gasteiger partial charge in [-0.3, -0.25) is 9.59 Å². The highest BCUT2D eigenvalue weighted by Crippen LogP contribution is 2.19. The van der Waals surface area contributed by atoms with E-state index in [4.69, 9.17) is 0 Å². The van der Waals surface area contributed by atoms with Gasteiger partial charge in [0.05, 0.1) is 0 Å². The summed E-state index contributed by atoms with van der Waals surface area (Å²) in [4.78, 5) is 26.8.